The van der Waals surface area contributed by atoms with Crippen LogP contribution in [0.5, 0.6) is 11.5 Å². The van der Waals surface area contributed by atoms with Crippen molar-refractivity contribution >= 4 is 18.9 Å². The van der Waals surface area contributed by atoms with Gasteiger partial charge in [0.05, 0.1) is 13.1 Å². The van der Waals surface area contributed by atoms with Crippen molar-refractivity contribution in [2.45, 2.75) is 18.8 Å². The molecule has 2 aliphatic rings. The zero-order chi connectivity index (χ0) is 19.7. The predicted molar refractivity (Wildman–Crippen MR) is 99.1 cm³/mol. The molecule has 10 heteroatoms. The van der Waals surface area contributed by atoms with Gasteiger partial charge in [0, 0.05) is 18.0 Å². The van der Waals surface area contributed by atoms with E-state index >= 15 is 0 Å². The fourth-order valence-electron chi connectivity index (χ4n) is 3.38. The van der Waals surface area contributed by atoms with E-state index in [9.17, 15) is 20.1 Å². The summed E-state index contributed by atoms with van der Waals surface area (Å²) in [6.45, 7) is 0.864. The Labute approximate surface area is 161 Å². The first-order valence-electron chi connectivity index (χ1n) is 8.84. The summed E-state index contributed by atoms with van der Waals surface area (Å²) < 4.78 is 11.2. The van der Waals surface area contributed by atoms with Crippen molar-refractivity contribution in [3.8, 4) is 11.5 Å². The lowest BCUT2D eigenvalue weighted by Gasteiger charge is -2.40. The number of oxime groups is 1. The summed E-state index contributed by atoms with van der Waals surface area (Å²) in [4.78, 5) is 17.5. The molecule has 0 unspecified atom stereocenters. The van der Waals surface area contributed by atoms with E-state index < -0.39 is 13.1 Å². The molecule has 0 atom stereocenters. The Morgan fingerprint density at radius 1 is 1.29 bits per heavy atom. The minimum atomic E-state index is -1.17. The van der Waals surface area contributed by atoms with Crippen molar-refractivity contribution in [3.63, 3.8) is 0 Å². The molecule has 9 nitrogen and oxygen atoms in total. The number of carbonyl (C=O) groups is 1. The molecule has 4 rings (SSSR count). The number of benzene rings is 1. The van der Waals surface area contributed by atoms with Gasteiger partial charge in [0.25, 0.3) is 0 Å². The quantitative estimate of drug-likeness (QED) is 0.236. The first-order valence-corrected chi connectivity index (χ1v) is 8.84. The van der Waals surface area contributed by atoms with Gasteiger partial charge in [0.15, 0.2) is 5.84 Å². The topological polar surface area (TPSA) is 125 Å². The number of likely N-dealkylation sites (tertiary alicyclic amines) is 1. The number of pyridine rings is 1. The number of hydrogen-bond donors (Lipinski definition) is 3. The van der Waals surface area contributed by atoms with E-state index in [4.69, 9.17) is 9.39 Å². The van der Waals surface area contributed by atoms with Gasteiger partial charge < -0.3 is 29.6 Å². The monoisotopic (exact) mass is 383 g/mol. The van der Waals surface area contributed by atoms with Gasteiger partial charge in [-0.25, -0.2) is 4.79 Å². The van der Waals surface area contributed by atoms with Crippen molar-refractivity contribution in [2.75, 3.05) is 13.1 Å². The van der Waals surface area contributed by atoms with Crippen LogP contribution in [0.3, 0.4) is 0 Å². The molecule has 28 heavy (non-hydrogen) atoms. The van der Waals surface area contributed by atoms with Crippen LogP contribution < -0.4 is 9.39 Å². The summed E-state index contributed by atoms with van der Waals surface area (Å²) in [5, 5.41) is 32.0. The Morgan fingerprint density at radius 3 is 2.71 bits per heavy atom. The van der Waals surface area contributed by atoms with Crippen LogP contribution in [-0.4, -0.2) is 63.3 Å². The third kappa shape index (κ3) is 3.34. The summed E-state index contributed by atoms with van der Waals surface area (Å²) in [6, 6.07) is 6.85. The second-order valence-electron chi connectivity index (χ2n) is 6.65. The van der Waals surface area contributed by atoms with Crippen LogP contribution in [0.4, 0.5) is 0 Å². The van der Waals surface area contributed by atoms with Crippen LogP contribution in [0.15, 0.2) is 41.8 Å². The zero-order valence-corrected chi connectivity index (χ0v) is 14.9. The lowest BCUT2D eigenvalue weighted by molar-refractivity contribution is 0.0588. The number of amidine groups is 1. The molecular formula is C18H18BN3O6. The molecule has 2 aromatic rings. The largest absolute Gasteiger partial charge is 0.535 e. The van der Waals surface area contributed by atoms with Gasteiger partial charge in [-0.2, -0.15) is 0 Å². The molecule has 144 valence electrons. The van der Waals surface area contributed by atoms with Gasteiger partial charge in [0.2, 0.25) is 0 Å². The minimum Gasteiger partial charge on any atom is -0.535 e. The molecule has 1 aromatic carbocycles. The molecule has 1 aromatic heterocycles. The highest BCUT2D eigenvalue weighted by atomic mass is 16.5. The lowest BCUT2D eigenvalue weighted by atomic mass is 9.78. The fourth-order valence-corrected chi connectivity index (χ4v) is 3.38. The Morgan fingerprint density at radius 2 is 2.04 bits per heavy atom. The predicted octanol–water partition coefficient (Wildman–Crippen LogP) is 1.09. The van der Waals surface area contributed by atoms with Crippen LogP contribution in [0.2, 0.25) is 6.32 Å². The summed E-state index contributed by atoms with van der Waals surface area (Å²) in [6.07, 6.45) is 3.89. The average molecular weight is 383 g/mol. The van der Waals surface area contributed by atoms with Gasteiger partial charge in [-0.3, -0.25) is 4.98 Å². The molecule has 2 aliphatic heterocycles. The maximum absolute atomic E-state index is 11.8. The standard InChI is InChI=1S/C18H18BN3O6/c23-18(24)15-14(2-1-11-3-6-19(25)28-16(11)15)27-13-9-22(10-13)17(21-26)12-4-7-20-8-5-12/h1-2,4-5,7-8,13,25-26H,3,6,9-10H2,(H,23,24)/b21-17+. The highest BCUT2D eigenvalue weighted by molar-refractivity contribution is 6.44. The summed E-state index contributed by atoms with van der Waals surface area (Å²) >= 11 is 0. The molecule has 0 bridgehead atoms. The van der Waals surface area contributed by atoms with E-state index in [2.05, 4.69) is 10.1 Å². The van der Waals surface area contributed by atoms with Gasteiger partial charge in [-0.05, 0) is 36.5 Å². The third-order valence-corrected chi connectivity index (χ3v) is 4.80. The second kappa shape index (κ2) is 7.39. The average Bonchev–Trinajstić information content (AvgIpc) is 2.66. The Hall–Kier alpha value is -3.27. The Bertz CT molecular complexity index is 917. The van der Waals surface area contributed by atoms with Crippen molar-refractivity contribution in [1.29, 1.82) is 0 Å². The van der Waals surface area contributed by atoms with Crippen molar-refractivity contribution in [1.82, 2.24) is 9.88 Å². The highest BCUT2D eigenvalue weighted by Gasteiger charge is 2.35. The molecule has 0 saturated carbocycles. The van der Waals surface area contributed by atoms with Crippen molar-refractivity contribution in [2.24, 2.45) is 5.16 Å². The van der Waals surface area contributed by atoms with Crippen molar-refractivity contribution < 1.29 is 29.5 Å². The number of ether oxygens (including phenoxy) is 1. The second-order valence-corrected chi connectivity index (χ2v) is 6.65. The van der Waals surface area contributed by atoms with E-state index in [0.29, 0.717) is 31.7 Å². The van der Waals surface area contributed by atoms with E-state index in [1.807, 2.05) is 4.90 Å². The third-order valence-electron chi connectivity index (χ3n) is 4.80. The van der Waals surface area contributed by atoms with Crippen LogP contribution >= 0.6 is 0 Å². The maximum Gasteiger partial charge on any atom is 0.522 e. The number of carboxylic acids is 1. The number of aromatic carboxylic acids is 1. The van der Waals surface area contributed by atoms with Crippen LogP contribution in [0.1, 0.15) is 21.5 Å². The van der Waals surface area contributed by atoms with Gasteiger partial charge in [0.1, 0.15) is 23.2 Å². The molecular weight excluding hydrogens is 365 g/mol. The van der Waals surface area contributed by atoms with Crippen LogP contribution in [0.25, 0.3) is 0 Å². The number of aromatic nitrogens is 1. The number of aryl methyl sites for hydroxylation is 1. The Kier molecular flexibility index (Phi) is 4.78. The fraction of sp³-hybridized carbons (Fsp3) is 0.278. The molecule has 1 fully saturated rings. The van der Waals surface area contributed by atoms with Crippen LogP contribution in [0, 0.1) is 0 Å². The van der Waals surface area contributed by atoms with E-state index in [1.165, 1.54) is 0 Å². The first kappa shape index (κ1) is 18.1. The number of hydrogen-bond acceptors (Lipinski definition) is 7. The molecule has 0 radical (unpaired) electrons. The lowest BCUT2D eigenvalue weighted by Crippen LogP contribution is -2.56. The highest BCUT2D eigenvalue weighted by Crippen LogP contribution is 2.37. The first-order chi connectivity index (χ1) is 13.6. The summed E-state index contributed by atoms with van der Waals surface area (Å²) in [5.74, 6) is -0.421. The molecule has 3 heterocycles. The molecule has 0 amide bonds. The summed E-state index contributed by atoms with van der Waals surface area (Å²) in [5.41, 5.74) is 1.37. The van der Waals surface area contributed by atoms with Gasteiger partial charge in [-0.1, -0.05) is 11.2 Å². The Balaban J connectivity index is 1.49. The van der Waals surface area contributed by atoms with Crippen LogP contribution in [-0.2, 0) is 6.42 Å². The van der Waals surface area contributed by atoms with Gasteiger partial charge >= 0.3 is 13.1 Å². The molecule has 0 aliphatic carbocycles. The van der Waals surface area contributed by atoms with E-state index in [-0.39, 0.29) is 23.2 Å². The normalized spacial score (nSPS) is 16.8. The molecule has 1 saturated heterocycles. The molecule has 0 spiro atoms. The summed E-state index contributed by atoms with van der Waals surface area (Å²) in [7, 11) is -1.02. The SMILES string of the molecule is O=C(O)c1c(OC2CN(/C(=N/O)c3ccncc3)C2)ccc2c1OB(O)CC2. The van der Waals surface area contributed by atoms with Gasteiger partial charge in [-0.15, -0.1) is 0 Å². The number of carboxylic acid groups (broad SMARTS) is 1. The van der Waals surface area contributed by atoms with E-state index in [1.54, 1.807) is 36.7 Å². The van der Waals surface area contributed by atoms with E-state index in [0.717, 1.165) is 11.1 Å². The smallest absolute Gasteiger partial charge is 0.522 e. The maximum atomic E-state index is 11.8. The van der Waals surface area contributed by atoms with Crippen molar-refractivity contribution in [3.05, 3.63) is 53.3 Å². The number of nitrogens with zero attached hydrogens (tertiary/aromatic N) is 3. The molecule has 3 N–H and O–H groups in total. The zero-order valence-electron chi connectivity index (χ0n) is 14.9. The number of rotatable bonds is 4. The minimum absolute atomic E-state index is 0.0834. The number of fused-ring (bicyclic) bond motifs is 1.